The van der Waals surface area contributed by atoms with E-state index in [0.717, 1.165) is 11.3 Å². The fourth-order valence-electron chi connectivity index (χ4n) is 2.33. The van der Waals surface area contributed by atoms with E-state index < -0.39 is 21.5 Å². The number of hydrogen-bond acceptors (Lipinski definition) is 7. The molecule has 3 rings (SSSR count). The van der Waals surface area contributed by atoms with Crippen LogP contribution >= 0.6 is 11.3 Å². The molecular weight excluding hydrogens is 386 g/mol. The topological polar surface area (TPSA) is 98.2 Å². The van der Waals surface area contributed by atoms with E-state index >= 15 is 0 Å². The summed E-state index contributed by atoms with van der Waals surface area (Å²) in [7, 11) is -2.09. The number of benzene rings is 2. The van der Waals surface area contributed by atoms with Crippen molar-refractivity contribution >= 4 is 32.2 Å². The summed E-state index contributed by atoms with van der Waals surface area (Å²) >= 11 is 1.21. The molecule has 1 heterocycles. The predicted molar refractivity (Wildman–Crippen MR) is 103 cm³/mol. The number of carbonyl (C=O) groups excluding carboxylic acids is 1. The van der Waals surface area contributed by atoms with Crippen molar-refractivity contribution in [3.8, 4) is 5.75 Å². The Balaban J connectivity index is 1.60. The smallest absolute Gasteiger partial charge is 0.241 e. The number of aromatic nitrogens is 2. The number of carbonyl (C=O) groups is 1. The molecule has 0 spiro atoms. The third-order valence-corrected chi connectivity index (χ3v) is 6.12. The zero-order valence-electron chi connectivity index (χ0n) is 14.5. The number of nitrogens with zero attached hydrogens (tertiary/aromatic N) is 2. The maximum atomic E-state index is 12.2. The van der Waals surface area contributed by atoms with E-state index in [2.05, 4.69) is 15.5 Å². The lowest BCUT2D eigenvalue weighted by Crippen LogP contribution is -2.22. The second kappa shape index (κ2) is 8.28. The Morgan fingerprint density at radius 3 is 2.44 bits per heavy atom. The Hall–Kier alpha value is -2.78. The number of hydrogen-bond donors (Lipinski definition) is 1. The highest BCUT2D eigenvalue weighted by Crippen LogP contribution is 2.20. The molecule has 0 radical (unpaired) electrons. The van der Waals surface area contributed by atoms with Gasteiger partial charge in [0.15, 0.2) is 9.84 Å². The number of ether oxygens (including phenoxy) is 1. The molecule has 1 amide bonds. The molecule has 0 atom stereocenters. The van der Waals surface area contributed by atoms with Crippen LogP contribution in [0.4, 0.5) is 5.13 Å². The van der Waals surface area contributed by atoms with Gasteiger partial charge in [0.05, 0.1) is 12.0 Å². The van der Waals surface area contributed by atoms with Gasteiger partial charge in [-0.15, -0.1) is 10.2 Å². The van der Waals surface area contributed by atoms with Crippen molar-refractivity contribution in [3.63, 3.8) is 0 Å². The van der Waals surface area contributed by atoms with E-state index in [9.17, 15) is 13.2 Å². The first-order valence-electron chi connectivity index (χ1n) is 7.99. The van der Waals surface area contributed by atoms with Gasteiger partial charge in [0.2, 0.25) is 11.0 Å². The number of amides is 1. The third-order valence-electron chi connectivity index (χ3n) is 3.65. The summed E-state index contributed by atoms with van der Waals surface area (Å²) in [6, 6.07) is 15.4. The number of rotatable bonds is 7. The van der Waals surface area contributed by atoms with Gasteiger partial charge >= 0.3 is 0 Å². The second-order valence-electron chi connectivity index (χ2n) is 5.65. The molecule has 0 saturated carbocycles. The highest BCUT2D eigenvalue weighted by atomic mass is 32.2. The average Bonchev–Trinajstić information content (AvgIpc) is 3.09. The van der Waals surface area contributed by atoms with Crippen molar-refractivity contribution in [2.45, 2.75) is 11.3 Å². The fraction of sp³-hybridized carbons (Fsp3) is 0.167. The largest absolute Gasteiger partial charge is 0.497 e. The summed E-state index contributed by atoms with van der Waals surface area (Å²) in [4.78, 5) is 12.2. The Morgan fingerprint density at radius 2 is 1.78 bits per heavy atom. The lowest BCUT2D eigenvalue weighted by molar-refractivity contribution is -0.113. The zero-order chi connectivity index (χ0) is 19.3. The highest BCUT2D eigenvalue weighted by molar-refractivity contribution is 7.92. The molecule has 0 bridgehead atoms. The Kier molecular flexibility index (Phi) is 5.82. The van der Waals surface area contributed by atoms with Gasteiger partial charge in [0.25, 0.3) is 0 Å². The summed E-state index contributed by atoms with van der Waals surface area (Å²) in [5, 5.41) is 11.4. The van der Waals surface area contributed by atoms with Crippen molar-refractivity contribution in [1.29, 1.82) is 0 Å². The van der Waals surface area contributed by atoms with E-state index in [1.54, 1.807) is 25.3 Å². The lowest BCUT2D eigenvalue weighted by Gasteiger charge is -2.03. The van der Waals surface area contributed by atoms with Crippen LogP contribution in [0.5, 0.6) is 5.75 Å². The number of methoxy groups -OCH3 is 1. The molecular formula is C18H17N3O4S2. The van der Waals surface area contributed by atoms with Crippen LogP contribution in [0.1, 0.15) is 10.6 Å². The van der Waals surface area contributed by atoms with E-state index in [1.807, 2.05) is 24.3 Å². The first-order valence-corrected chi connectivity index (χ1v) is 10.5. The Labute approximate surface area is 161 Å². The quantitative estimate of drug-likeness (QED) is 0.651. The molecule has 9 heteroatoms. The van der Waals surface area contributed by atoms with E-state index in [-0.39, 0.29) is 10.0 Å². The summed E-state index contributed by atoms with van der Waals surface area (Å²) < 4.78 is 29.6. The van der Waals surface area contributed by atoms with Gasteiger partial charge < -0.3 is 4.74 Å². The molecule has 0 unspecified atom stereocenters. The summed E-state index contributed by atoms with van der Waals surface area (Å²) in [5.74, 6) is -0.528. The summed E-state index contributed by atoms with van der Waals surface area (Å²) in [6.45, 7) is 0. The van der Waals surface area contributed by atoms with Crippen molar-refractivity contribution in [2.24, 2.45) is 0 Å². The van der Waals surface area contributed by atoms with Gasteiger partial charge in [-0.05, 0) is 29.8 Å². The highest BCUT2D eigenvalue weighted by Gasteiger charge is 2.20. The molecule has 0 saturated heterocycles. The van der Waals surface area contributed by atoms with Crippen molar-refractivity contribution in [3.05, 3.63) is 65.2 Å². The molecule has 0 fully saturated rings. The first-order chi connectivity index (χ1) is 13.0. The molecule has 140 valence electrons. The van der Waals surface area contributed by atoms with Crippen LogP contribution in [-0.4, -0.2) is 37.4 Å². The van der Waals surface area contributed by atoms with Crippen LogP contribution in [0.25, 0.3) is 0 Å². The number of anilines is 1. The molecule has 3 aromatic rings. The second-order valence-corrected chi connectivity index (χ2v) is 8.70. The van der Waals surface area contributed by atoms with Crippen molar-refractivity contribution < 1.29 is 17.9 Å². The fourth-order valence-corrected chi connectivity index (χ4v) is 4.28. The van der Waals surface area contributed by atoms with Crippen LogP contribution in [0.2, 0.25) is 0 Å². The lowest BCUT2D eigenvalue weighted by atomic mass is 10.1. The molecule has 0 aliphatic carbocycles. The zero-order valence-corrected chi connectivity index (χ0v) is 16.1. The minimum Gasteiger partial charge on any atom is -0.497 e. The monoisotopic (exact) mass is 403 g/mol. The van der Waals surface area contributed by atoms with Crippen LogP contribution in [0.15, 0.2) is 59.5 Å². The summed E-state index contributed by atoms with van der Waals surface area (Å²) in [6.07, 6.45) is 0.555. The average molecular weight is 403 g/mol. The van der Waals surface area contributed by atoms with E-state index in [1.165, 1.54) is 23.5 Å². The van der Waals surface area contributed by atoms with Gasteiger partial charge in [0, 0.05) is 6.42 Å². The van der Waals surface area contributed by atoms with Gasteiger partial charge in [-0.25, -0.2) is 8.42 Å². The van der Waals surface area contributed by atoms with E-state index in [0.29, 0.717) is 11.4 Å². The molecule has 1 aromatic heterocycles. The van der Waals surface area contributed by atoms with Crippen LogP contribution in [0.3, 0.4) is 0 Å². The van der Waals surface area contributed by atoms with Crippen molar-refractivity contribution in [2.75, 3.05) is 18.2 Å². The van der Waals surface area contributed by atoms with Crippen LogP contribution in [-0.2, 0) is 21.1 Å². The van der Waals surface area contributed by atoms with Gasteiger partial charge in [-0.1, -0.05) is 41.7 Å². The SMILES string of the molecule is COc1ccc(Cc2nnc(NC(=O)CS(=O)(=O)c3ccccc3)s2)cc1. The molecule has 0 aliphatic rings. The Morgan fingerprint density at radius 1 is 1.07 bits per heavy atom. The molecule has 1 N–H and O–H groups in total. The Bertz CT molecular complexity index is 1020. The molecule has 27 heavy (non-hydrogen) atoms. The number of nitrogens with one attached hydrogen (secondary N) is 1. The first kappa shape index (κ1) is 19.0. The molecule has 7 nitrogen and oxygen atoms in total. The van der Waals surface area contributed by atoms with Crippen LogP contribution < -0.4 is 10.1 Å². The number of sulfone groups is 1. The van der Waals surface area contributed by atoms with Gasteiger partial charge in [-0.2, -0.15) is 0 Å². The maximum absolute atomic E-state index is 12.2. The van der Waals surface area contributed by atoms with Crippen LogP contribution in [0, 0.1) is 0 Å². The summed E-state index contributed by atoms with van der Waals surface area (Å²) in [5.41, 5.74) is 1.02. The molecule has 0 aliphatic heterocycles. The minimum atomic E-state index is -3.70. The molecule has 2 aromatic carbocycles. The van der Waals surface area contributed by atoms with E-state index in [4.69, 9.17) is 4.74 Å². The third kappa shape index (κ3) is 5.11. The van der Waals surface area contributed by atoms with Gasteiger partial charge in [-0.3, -0.25) is 10.1 Å². The van der Waals surface area contributed by atoms with Crippen molar-refractivity contribution in [1.82, 2.24) is 10.2 Å². The predicted octanol–water partition coefficient (Wildman–Crippen LogP) is 2.55. The standard InChI is InChI=1S/C18H17N3O4S2/c1-25-14-9-7-13(8-10-14)11-17-20-21-18(26-17)19-16(22)12-27(23,24)15-5-3-2-4-6-15/h2-10H,11-12H2,1H3,(H,19,21,22). The maximum Gasteiger partial charge on any atom is 0.241 e. The van der Waals surface area contributed by atoms with Gasteiger partial charge in [0.1, 0.15) is 16.5 Å². The minimum absolute atomic E-state index is 0.109. The normalized spacial score (nSPS) is 11.1.